The first-order chi connectivity index (χ1) is 8.43. The molecule has 0 bridgehead atoms. The van der Waals surface area contributed by atoms with Gasteiger partial charge in [-0.25, -0.2) is 18.4 Å². The molecule has 1 fully saturated rings. The van der Waals surface area contributed by atoms with Crippen LogP contribution < -0.4 is 0 Å². The fourth-order valence-electron chi connectivity index (χ4n) is 2.30. The number of rotatable bonds is 3. The van der Waals surface area contributed by atoms with Crippen molar-refractivity contribution in [1.82, 2.24) is 14.3 Å². The van der Waals surface area contributed by atoms with Crippen molar-refractivity contribution in [1.29, 1.82) is 0 Å². The second-order valence-electron chi connectivity index (χ2n) is 4.76. The lowest BCUT2D eigenvalue weighted by Crippen LogP contribution is -2.38. The Kier molecular flexibility index (Phi) is 3.89. The SMILES string of the molecule is CC(C)C1CCCN1S(=O)(=O)c1cnc(Cl)nc1. The van der Waals surface area contributed by atoms with Crippen molar-refractivity contribution in [3.05, 3.63) is 17.7 Å². The molecule has 1 aromatic heterocycles. The molecule has 1 unspecified atom stereocenters. The third-order valence-corrected chi connectivity index (χ3v) is 5.29. The Morgan fingerprint density at radius 3 is 2.56 bits per heavy atom. The molecule has 18 heavy (non-hydrogen) atoms. The summed E-state index contributed by atoms with van der Waals surface area (Å²) in [5.41, 5.74) is 0. The maximum absolute atomic E-state index is 12.5. The van der Waals surface area contributed by atoms with Crippen molar-refractivity contribution in [3.8, 4) is 0 Å². The predicted octanol–water partition coefficient (Wildman–Crippen LogP) is 1.94. The van der Waals surface area contributed by atoms with Gasteiger partial charge >= 0.3 is 0 Å². The van der Waals surface area contributed by atoms with Crippen LogP contribution in [0.1, 0.15) is 26.7 Å². The molecule has 0 saturated carbocycles. The Bertz CT molecular complexity index is 516. The van der Waals surface area contributed by atoms with Gasteiger partial charge in [0.15, 0.2) is 0 Å². The average Bonchev–Trinajstić information content (AvgIpc) is 2.79. The number of nitrogens with zero attached hydrogens (tertiary/aromatic N) is 3. The van der Waals surface area contributed by atoms with Gasteiger partial charge in [-0.2, -0.15) is 4.31 Å². The smallest absolute Gasteiger partial charge is 0.225 e. The number of sulfonamides is 1. The van der Waals surface area contributed by atoms with Gasteiger partial charge in [0.05, 0.1) is 12.4 Å². The molecule has 2 heterocycles. The van der Waals surface area contributed by atoms with Crippen LogP contribution >= 0.6 is 11.6 Å². The molecule has 1 aliphatic rings. The molecule has 2 rings (SSSR count). The summed E-state index contributed by atoms with van der Waals surface area (Å²) < 4.78 is 26.5. The molecule has 0 radical (unpaired) electrons. The van der Waals surface area contributed by atoms with Gasteiger partial charge in [-0.1, -0.05) is 13.8 Å². The molecule has 5 nitrogen and oxygen atoms in total. The summed E-state index contributed by atoms with van der Waals surface area (Å²) in [6.45, 7) is 4.64. The Labute approximate surface area is 112 Å². The molecule has 0 amide bonds. The minimum Gasteiger partial charge on any atom is -0.225 e. The molecule has 0 aliphatic carbocycles. The standard InChI is InChI=1S/C11H16ClN3O2S/c1-8(2)10-4-3-5-15(10)18(16,17)9-6-13-11(12)14-7-9/h6-8,10H,3-5H2,1-2H3. The van der Waals surface area contributed by atoms with E-state index in [1.54, 1.807) is 4.31 Å². The van der Waals surface area contributed by atoms with Gasteiger partial charge in [0, 0.05) is 12.6 Å². The van der Waals surface area contributed by atoms with Gasteiger partial charge in [-0.05, 0) is 30.4 Å². The molecule has 7 heteroatoms. The highest BCUT2D eigenvalue weighted by Gasteiger charge is 2.37. The normalized spacial score (nSPS) is 21.7. The fourth-order valence-corrected chi connectivity index (χ4v) is 4.11. The molecule has 100 valence electrons. The third kappa shape index (κ3) is 2.50. The zero-order valence-electron chi connectivity index (χ0n) is 10.4. The molecule has 0 aromatic carbocycles. The van der Waals surface area contributed by atoms with Crippen molar-refractivity contribution in [2.24, 2.45) is 5.92 Å². The average molecular weight is 290 g/mol. The second-order valence-corrected chi connectivity index (χ2v) is 6.99. The highest BCUT2D eigenvalue weighted by molar-refractivity contribution is 7.89. The van der Waals surface area contributed by atoms with Gasteiger partial charge in [-0.15, -0.1) is 0 Å². The first-order valence-electron chi connectivity index (χ1n) is 5.92. The zero-order valence-corrected chi connectivity index (χ0v) is 11.9. The van der Waals surface area contributed by atoms with Crippen molar-refractivity contribution >= 4 is 21.6 Å². The second kappa shape index (κ2) is 5.11. The van der Waals surface area contributed by atoms with Gasteiger partial charge in [-0.3, -0.25) is 0 Å². The molecular weight excluding hydrogens is 274 g/mol. The van der Waals surface area contributed by atoms with Crippen LogP contribution in [0.3, 0.4) is 0 Å². The largest absolute Gasteiger partial charge is 0.246 e. The molecule has 1 atom stereocenters. The number of hydrogen-bond donors (Lipinski definition) is 0. The van der Waals surface area contributed by atoms with Gasteiger partial charge in [0.1, 0.15) is 4.90 Å². The minimum atomic E-state index is -3.50. The van der Waals surface area contributed by atoms with Gasteiger partial charge in [0.2, 0.25) is 15.3 Å². The molecule has 0 N–H and O–H groups in total. The lowest BCUT2D eigenvalue weighted by Gasteiger charge is -2.26. The number of halogens is 1. The van der Waals surface area contributed by atoms with Crippen LogP contribution in [0.15, 0.2) is 17.3 Å². The van der Waals surface area contributed by atoms with E-state index >= 15 is 0 Å². The highest BCUT2D eigenvalue weighted by Crippen LogP contribution is 2.29. The van der Waals surface area contributed by atoms with E-state index in [0.29, 0.717) is 12.5 Å². The van der Waals surface area contributed by atoms with E-state index in [2.05, 4.69) is 9.97 Å². The minimum absolute atomic E-state index is 0.0516. The third-order valence-electron chi connectivity index (χ3n) is 3.22. The summed E-state index contributed by atoms with van der Waals surface area (Å²) in [6, 6.07) is 0.0608. The lowest BCUT2D eigenvalue weighted by atomic mass is 10.0. The first kappa shape index (κ1) is 13.7. The van der Waals surface area contributed by atoms with E-state index in [0.717, 1.165) is 12.8 Å². The van der Waals surface area contributed by atoms with E-state index in [-0.39, 0.29) is 16.2 Å². The van der Waals surface area contributed by atoms with E-state index in [1.165, 1.54) is 12.4 Å². The first-order valence-corrected chi connectivity index (χ1v) is 7.74. The van der Waals surface area contributed by atoms with E-state index < -0.39 is 10.0 Å². The summed E-state index contributed by atoms with van der Waals surface area (Å²) in [5, 5.41) is 0.0516. The van der Waals surface area contributed by atoms with E-state index in [4.69, 9.17) is 11.6 Å². The Morgan fingerprint density at radius 1 is 1.39 bits per heavy atom. The van der Waals surface area contributed by atoms with Crippen LogP contribution in [-0.4, -0.2) is 35.3 Å². The molecule has 0 spiro atoms. The summed E-state index contributed by atoms with van der Waals surface area (Å²) in [4.78, 5) is 7.58. The summed E-state index contributed by atoms with van der Waals surface area (Å²) in [5.74, 6) is 0.301. The number of aromatic nitrogens is 2. The Morgan fingerprint density at radius 2 is 2.00 bits per heavy atom. The highest BCUT2D eigenvalue weighted by atomic mass is 35.5. The van der Waals surface area contributed by atoms with Crippen LogP contribution in [0.2, 0.25) is 5.28 Å². The quantitative estimate of drug-likeness (QED) is 0.798. The van der Waals surface area contributed by atoms with Crippen LogP contribution in [-0.2, 0) is 10.0 Å². The molecule has 1 saturated heterocycles. The van der Waals surface area contributed by atoms with Crippen molar-refractivity contribution < 1.29 is 8.42 Å². The topological polar surface area (TPSA) is 63.2 Å². The van der Waals surface area contributed by atoms with Crippen molar-refractivity contribution in [3.63, 3.8) is 0 Å². The summed E-state index contributed by atoms with van der Waals surface area (Å²) in [7, 11) is -3.50. The zero-order chi connectivity index (χ0) is 13.3. The summed E-state index contributed by atoms with van der Waals surface area (Å²) >= 11 is 5.57. The molecule has 1 aliphatic heterocycles. The van der Waals surface area contributed by atoms with E-state index in [9.17, 15) is 8.42 Å². The molecule has 1 aromatic rings. The number of hydrogen-bond acceptors (Lipinski definition) is 4. The van der Waals surface area contributed by atoms with Crippen molar-refractivity contribution in [2.75, 3.05) is 6.54 Å². The van der Waals surface area contributed by atoms with Crippen LogP contribution in [0.4, 0.5) is 0 Å². The summed E-state index contributed by atoms with van der Waals surface area (Å²) in [6.07, 6.45) is 4.34. The monoisotopic (exact) mass is 289 g/mol. The maximum atomic E-state index is 12.5. The van der Waals surface area contributed by atoms with E-state index in [1.807, 2.05) is 13.8 Å². The van der Waals surface area contributed by atoms with Crippen LogP contribution in [0, 0.1) is 5.92 Å². The van der Waals surface area contributed by atoms with Crippen molar-refractivity contribution in [2.45, 2.75) is 37.6 Å². The molecular formula is C11H16ClN3O2S. The Balaban J connectivity index is 2.33. The van der Waals surface area contributed by atoms with Crippen LogP contribution in [0.25, 0.3) is 0 Å². The van der Waals surface area contributed by atoms with Crippen LogP contribution in [0.5, 0.6) is 0 Å². The maximum Gasteiger partial charge on any atom is 0.246 e. The van der Waals surface area contributed by atoms with Gasteiger partial charge in [0.25, 0.3) is 0 Å². The Hall–Kier alpha value is -0.720. The van der Waals surface area contributed by atoms with Gasteiger partial charge < -0.3 is 0 Å². The fraction of sp³-hybridized carbons (Fsp3) is 0.636. The lowest BCUT2D eigenvalue weighted by molar-refractivity contribution is 0.315. The predicted molar refractivity (Wildman–Crippen MR) is 68.8 cm³/mol.